The Hall–Kier alpha value is -14.3. The monoisotopic (exact) mass is 1570 g/mol. The van der Waals surface area contributed by atoms with Crippen molar-refractivity contribution in [2.75, 3.05) is 9.80 Å². The molecule has 0 aliphatic carbocycles. The van der Waals surface area contributed by atoms with Gasteiger partial charge in [-0.15, -0.1) is 0 Å². The summed E-state index contributed by atoms with van der Waals surface area (Å²) in [7, 11) is 0. The Morgan fingerprint density at radius 2 is 0.664 bits per heavy atom. The molecular formula is C118H96N2O2. The highest BCUT2D eigenvalue weighted by Crippen LogP contribution is 2.49. The van der Waals surface area contributed by atoms with Crippen molar-refractivity contribution in [2.45, 2.75) is 93.4 Å². The molecule has 2 heterocycles. The molecule has 0 amide bonds. The van der Waals surface area contributed by atoms with Crippen LogP contribution in [0.4, 0.5) is 34.1 Å². The summed E-state index contributed by atoms with van der Waals surface area (Å²) in [4.78, 5) is 4.78. The summed E-state index contributed by atoms with van der Waals surface area (Å²) in [6.45, 7) is 24.9. The third kappa shape index (κ3) is 14.1. The van der Waals surface area contributed by atoms with E-state index in [1.54, 1.807) is 0 Å². The zero-order valence-corrected chi connectivity index (χ0v) is 71.1. The summed E-state index contributed by atoms with van der Waals surface area (Å²) < 4.78 is 13.8. The normalized spacial score (nSPS) is 11.9. The number of aryl methyl sites for hydroxylation is 4. The van der Waals surface area contributed by atoms with Crippen LogP contribution in [0.1, 0.15) is 99.2 Å². The van der Waals surface area contributed by atoms with E-state index < -0.39 is 0 Å². The molecule has 2 aromatic heterocycles. The van der Waals surface area contributed by atoms with Crippen LogP contribution >= 0.6 is 0 Å². The summed E-state index contributed by atoms with van der Waals surface area (Å²) in [6, 6.07) is 137. The minimum absolute atomic E-state index is 0.0722. The van der Waals surface area contributed by atoms with Crippen LogP contribution in [0.2, 0.25) is 0 Å². The highest BCUT2D eigenvalue weighted by atomic mass is 16.3. The van der Waals surface area contributed by atoms with Gasteiger partial charge in [0.15, 0.2) is 0 Å². The first-order valence-corrected chi connectivity index (χ1v) is 42.9. The summed E-state index contributed by atoms with van der Waals surface area (Å²) in [5.74, 6) is 0.713. The third-order valence-electron chi connectivity index (χ3n) is 25.4. The molecule has 0 atom stereocenters. The molecule has 590 valence electrons. The minimum Gasteiger partial charge on any atom is -0.455 e. The van der Waals surface area contributed by atoms with Crippen molar-refractivity contribution in [3.63, 3.8) is 0 Å². The predicted molar refractivity (Wildman–Crippen MR) is 520 cm³/mol. The Morgan fingerprint density at radius 1 is 0.238 bits per heavy atom. The Bertz CT molecular complexity index is 7390. The van der Waals surface area contributed by atoms with Crippen LogP contribution in [0.25, 0.3) is 166 Å². The lowest BCUT2D eigenvalue weighted by Crippen LogP contribution is -2.10. The number of hydrogen-bond acceptors (Lipinski definition) is 4. The molecule has 4 nitrogen and oxygen atoms in total. The van der Waals surface area contributed by atoms with E-state index in [4.69, 9.17) is 8.83 Å². The second-order valence-corrected chi connectivity index (χ2v) is 35.0. The van der Waals surface area contributed by atoms with E-state index in [0.29, 0.717) is 5.92 Å². The summed E-state index contributed by atoms with van der Waals surface area (Å²) >= 11 is 0. The fourth-order valence-electron chi connectivity index (χ4n) is 18.6. The van der Waals surface area contributed by atoms with E-state index >= 15 is 0 Å². The van der Waals surface area contributed by atoms with Gasteiger partial charge in [-0.05, 0) is 285 Å². The number of benzene rings is 18. The van der Waals surface area contributed by atoms with Gasteiger partial charge in [0.25, 0.3) is 0 Å². The summed E-state index contributed by atoms with van der Waals surface area (Å²) in [5, 5.41) is 9.56. The predicted octanol–water partition coefficient (Wildman–Crippen LogP) is 34.5. The van der Waals surface area contributed by atoms with Crippen molar-refractivity contribution in [1.29, 1.82) is 0 Å². The van der Waals surface area contributed by atoms with Crippen LogP contribution in [0, 0.1) is 27.7 Å². The van der Waals surface area contributed by atoms with Gasteiger partial charge in [0.05, 0.1) is 0 Å². The largest absolute Gasteiger partial charge is 0.455 e. The molecule has 0 radical (unpaired) electrons. The van der Waals surface area contributed by atoms with Gasteiger partial charge in [0, 0.05) is 66.8 Å². The van der Waals surface area contributed by atoms with Crippen molar-refractivity contribution in [1.82, 2.24) is 0 Å². The lowest BCUT2D eigenvalue weighted by atomic mass is 9.86. The SMILES string of the molecule is Cc1cc(N(c2ccc(-c3cc(-c4cccc5oc6c(-c7ccc(N(c8ccc(-c9ccc(-c%10c(C)ccc%11ccc(C(C)C)cc%10%11)cc9)cc8)c8ccc(-c9ccc(C(C)(C)C)cc9)cc8)cc7)ccc(C)c6c45)cc(C(C)C)c3)cc2)c2ccc(-c3cccc4c3oc3ccccc34)c(C)c2)ccc1-c1ccc(-c2cccc3ccccc23)cc1. The number of rotatable bonds is 17. The first-order valence-electron chi connectivity index (χ1n) is 42.9. The molecule has 4 heteroatoms. The van der Waals surface area contributed by atoms with Crippen LogP contribution in [0.15, 0.2) is 379 Å². The molecule has 0 N–H and O–H groups in total. The standard InChI is InChI=1S/C118H96N2O2/c1-73(2)90-41-38-88-31-29-75(5)113(110(88)72-90)89-39-32-79(33-40-89)81-44-54-95(55-45-81)119(96-56-46-82(47-57-96)80-42-52-94(53-43-80)118(9,10)11)97-60-50-87(51-61-97)106-64-30-76(6)114-115-105(24-18-28-112(115)122-117(106)114)93-70-91(74(3)4)69-92(71-93)83-48-58-98(59-49-83)120(100-63-66-102(78(8)68-100)108-25-17-26-109-107-22-14-15-27-111(107)121-116(108)109)99-62-65-101(77(7)67-99)85-34-36-86(37-35-85)104-23-16-20-84-19-12-13-21-103(84)104/h12-74H,1-11H3. The number of furan rings is 2. The maximum atomic E-state index is 7.19. The lowest BCUT2D eigenvalue weighted by Gasteiger charge is -2.27. The van der Waals surface area contributed by atoms with Crippen molar-refractivity contribution < 1.29 is 8.83 Å². The number of para-hydroxylation sites is 2. The topological polar surface area (TPSA) is 32.8 Å². The van der Waals surface area contributed by atoms with Crippen LogP contribution in [0.5, 0.6) is 0 Å². The minimum atomic E-state index is 0.0722. The fraction of sp³-hybridized carbons (Fsp3) is 0.119. The van der Waals surface area contributed by atoms with Crippen LogP contribution in [-0.4, -0.2) is 0 Å². The summed E-state index contributed by atoms with van der Waals surface area (Å²) in [5.41, 5.74) is 39.7. The highest BCUT2D eigenvalue weighted by Gasteiger charge is 2.25. The molecule has 0 aliphatic heterocycles. The number of nitrogens with zero attached hydrogens (tertiary/aromatic N) is 2. The van der Waals surface area contributed by atoms with Gasteiger partial charge in [-0.2, -0.15) is 0 Å². The zero-order chi connectivity index (χ0) is 83.2. The highest BCUT2D eigenvalue weighted by molar-refractivity contribution is 6.17. The van der Waals surface area contributed by atoms with E-state index in [1.807, 2.05) is 6.07 Å². The first-order chi connectivity index (χ1) is 59.4. The van der Waals surface area contributed by atoms with Crippen LogP contribution < -0.4 is 9.80 Å². The molecular weight excluding hydrogens is 1480 g/mol. The van der Waals surface area contributed by atoms with Crippen LogP contribution in [-0.2, 0) is 5.41 Å². The molecule has 0 unspecified atom stereocenters. The third-order valence-corrected chi connectivity index (χ3v) is 25.4. The molecule has 0 saturated carbocycles. The summed E-state index contributed by atoms with van der Waals surface area (Å²) in [6.07, 6.45) is 0. The van der Waals surface area contributed by atoms with Gasteiger partial charge in [0.1, 0.15) is 22.3 Å². The van der Waals surface area contributed by atoms with E-state index in [9.17, 15) is 0 Å². The Kier molecular flexibility index (Phi) is 19.5. The van der Waals surface area contributed by atoms with Gasteiger partial charge in [0.2, 0.25) is 0 Å². The Balaban J connectivity index is 0.628. The smallest absolute Gasteiger partial charge is 0.143 e. The van der Waals surface area contributed by atoms with Crippen molar-refractivity contribution in [3.8, 4) is 100 Å². The van der Waals surface area contributed by atoms with Gasteiger partial charge < -0.3 is 18.6 Å². The molecule has 20 rings (SSSR count). The van der Waals surface area contributed by atoms with E-state index in [2.05, 4.69) is 450 Å². The van der Waals surface area contributed by atoms with Crippen molar-refractivity contribution in [2.24, 2.45) is 0 Å². The molecule has 0 fully saturated rings. The van der Waals surface area contributed by atoms with Gasteiger partial charge in [-0.25, -0.2) is 0 Å². The number of hydrogen-bond donors (Lipinski definition) is 0. The molecule has 20 aromatic rings. The molecule has 0 bridgehead atoms. The number of fused-ring (bicyclic) bond motifs is 8. The molecule has 18 aromatic carbocycles. The van der Waals surface area contributed by atoms with Crippen molar-refractivity contribution >= 4 is 99.5 Å². The van der Waals surface area contributed by atoms with E-state index in [0.717, 1.165) is 139 Å². The Morgan fingerprint density at radius 3 is 1.29 bits per heavy atom. The quantitative estimate of drug-likeness (QED) is 0.0910. The maximum absolute atomic E-state index is 7.19. The van der Waals surface area contributed by atoms with Gasteiger partial charge in [-0.1, -0.05) is 328 Å². The maximum Gasteiger partial charge on any atom is 0.143 e. The van der Waals surface area contributed by atoms with Crippen LogP contribution in [0.3, 0.4) is 0 Å². The van der Waals surface area contributed by atoms with E-state index in [-0.39, 0.29) is 11.3 Å². The molecule has 0 aliphatic rings. The average molecular weight is 1570 g/mol. The van der Waals surface area contributed by atoms with Gasteiger partial charge >= 0.3 is 0 Å². The molecule has 0 saturated heterocycles. The fourth-order valence-corrected chi connectivity index (χ4v) is 18.6. The second-order valence-electron chi connectivity index (χ2n) is 35.0. The van der Waals surface area contributed by atoms with E-state index in [1.165, 1.54) is 99.4 Å². The second kappa shape index (κ2) is 31.1. The Labute approximate surface area is 715 Å². The average Bonchev–Trinajstić information content (AvgIpc) is 1.56. The molecule has 0 spiro atoms. The molecule has 122 heavy (non-hydrogen) atoms. The first kappa shape index (κ1) is 76.4. The lowest BCUT2D eigenvalue weighted by molar-refractivity contribution is 0.590. The van der Waals surface area contributed by atoms with Crippen molar-refractivity contribution in [3.05, 3.63) is 409 Å². The number of anilines is 6. The van der Waals surface area contributed by atoms with Gasteiger partial charge in [-0.3, -0.25) is 0 Å². The zero-order valence-electron chi connectivity index (χ0n) is 71.1.